The van der Waals surface area contributed by atoms with Gasteiger partial charge < -0.3 is 5.73 Å². The third kappa shape index (κ3) is 2.33. The predicted octanol–water partition coefficient (Wildman–Crippen LogP) is 1.92. The normalized spacial score (nSPS) is 34.2. The van der Waals surface area contributed by atoms with Crippen molar-refractivity contribution in [3.05, 3.63) is 0 Å². The molecule has 0 radical (unpaired) electrons. The molecule has 18 heavy (non-hydrogen) atoms. The maximum Gasteiger partial charge on any atom is 0.0498 e. The van der Waals surface area contributed by atoms with E-state index in [9.17, 15) is 0 Å². The molecule has 2 rings (SSSR count). The van der Waals surface area contributed by atoms with Crippen LogP contribution in [0.25, 0.3) is 0 Å². The van der Waals surface area contributed by atoms with Gasteiger partial charge in [-0.05, 0) is 38.3 Å². The van der Waals surface area contributed by atoms with E-state index in [4.69, 9.17) is 5.73 Å². The van der Waals surface area contributed by atoms with Crippen LogP contribution < -0.4 is 5.73 Å². The third-order valence-electron chi connectivity index (χ3n) is 5.41. The summed E-state index contributed by atoms with van der Waals surface area (Å²) in [4.78, 5) is 5.39. The first kappa shape index (κ1) is 14.3. The van der Waals surface area contributed by atoms with Crippen LogP contribution in [0.4, 0.5) is 0 Å². The molecular weight excluding hydrogens is 222 g/mol. The second-order valence-electron chi connectivity index (χ2n) is 6.30. The van der Waals surface area contributed by atoms with E-state index >= 15 is 0 Å². The minimum absolute atomic E-state index is 0.272. The topological polar surface area (TPSA) is 32.5 Å². The van der Waals surface area contributed by atoms with Crippen LogP contribution in [-0.4, -0.2) is 54.1 Å². The summed E-state index contributed by atoms with van der Waals surface area (Å²) in [6.45, 7) is 12.7. The molecule has 2 N–H and O–H groups in total. The minimum atomic E-state index is 0.272. The summed E-state index contributed by atoms with van der Waals surface area (Å²) >= 11 is 0. The van der Waals surface area contributed by atoms with Gasteiger partial charge >= 0.3 is 0 Å². The number of hydrogen-bond acceptors (Lipinski definition) is 3. The Morgan fingerprint density at radius 2 is 2.17 bits per heavy atom. The second kappa shape index (κ2) is 5.89. The number of nitrogens with two attached hydrogens (primary N) is 1. The lowest BCUT2D eigenvalue weighted by Gasteiger charge is -2.45. The molecular formula is C15H31N3. The van der Waals surface area contributed by atoms with Gasteiger partial charge in [0.05, 0.1) is 0 Å². The third-order valence-corrected chi connectivity index (χ3v) is 5.41. The summed E-state index contributed by atoms with van der Waals surface area (Å²) in [5.74, 6) is 0.781. The van der Waals surface area contributed by atoms with E-state index in [2.05, 4.69) is 30.6 Å². The van der Waals surface area contributed by atoms with Crippen molar-refractivity contribution >= 4 is 0 Å². The SMILES string of the molecule is CCC(C)CN(CC)C1(CN)CCN2CCCC21. The molecule has 3 unspecified atom stereocenters. The summed E-state index contributed by atoms with van der Waals surface area (Å²) in [6.07, 6.45) is 5.27. The lowest BCUT2D eigenvalue weighted by atomic mass is 9.85. The highest BCUT2D eigenvalue weighted by Gasteiger charge is 2.51. The van der Waals surface area contributed by atoms with Gasteiger partial charge in [-0.25, -0.2) is 0 Å². The first-order chi connectivity index (χ1) is 8.67. The molecule has 0 aromatic carbocycles. The van der Waals surface area contributed by atoms with E-state index in [1.165, 1.54) is 45.3 Å². The molecule has 2 aliphatic rings. The number of rotatable bonds is 6. The highest BCUT2D eigenvalue weighted by molar-refractivity contribution is 5.09. The summed E-state index contributed by atoms with van der Waals surface area (Å²) in [6, 6.07) is 0.728. The first-order valence-electron chi connectivity index (χ1n) is 7.87. The molecule has 0 aromatic heterocycles. The number of hydrogen-bond donors (Lipinski definition) is 1. The molecule has 0 aromatic rings. The van der Waals surface area contributed by atoms with Crippen molar-refractivity contribution in [2.45, 2.75) is 58.0 Å². The molecule has 0 bridgehead atoms. The zero-order valence-corrected chi connectivity index (χ0v) is 12.5. The Balaban J connectivity index is 2.14. The van der Waals surface area contributed by atoms with E-state index in [0.717, 1.165) is 25.0 Å². The average Bonchev–Trinajstić information content (AvgIpc) is 2.98. The van der Waals surface area contributed by atoms with Crippen molar-refractivity contribution in [3.63, 3.8) is 0 Å². The first-order valence-corrected chi connectivity index (χ1v) is 7.87. The van der Waals surface area contributed by atoms with Gasteiger partial charge in [0.1, 0.15) is 0 Å². The van der Waals surface area contributed by atoms with E-state index in [1.807, 2.05) is 0 Å². The van der Waals surface area contributed by atoms with Gasteiger partial charge in [0.2, 0.25) is 0 Å². The largest absolute Gasteiger partial charge is 0.329 e. The molecule has 3 atom stereocenters. The molecule has 0 amide bonds. The van der Waals surface area contributed by atoms with Crippen molar-refractivity contribution in [2.75, 3.05) is 32.7 Å². The van der Waals surface area contributed by atoms with Gasteiger partial charge in [0.25, 0.3) is 0 Å². The van der Waals surface area contributed by atoms with E-state index in [-0.39, 0.29) is 5.54 Å². The van der Waals surface area contributed by atoms with Gasteiger partial charge in [-0.3, -0.25) is 9.80 Å². The van der Waals surface area contributed by atoms with E-state index < -0.39 is 0 Å². The molecule has 2 aliphatic heterocycles. The molecule has 106 valence electrons. The summed E-state index contributed by atoms with van der Waals surface area (Å²) in [5, 5.41) is 0. The van der Waals surface area contributed by atoms with Crippen LogP contribution in [0.3, 0.4) is 0 Å². The molecule has 3 nitrogen and oxygen atoms in total. The van der Waals surface area contributed by atoms with Crippen molar-refractivity contribution < 1.29 is 0 Å². The molecule has 2 saturated heterocycles. The van der Waals surface area contributed by atoms with Crippen molar-refractivity contribution in [1.82, 2.24) is 9.80 Å². The van der Waals surface area contributed by atoms with Crippen LogP contribution in [-0.2, 0) is 0 Å². The summed E-state index contributed by atoms with van der Waals surface area (Å²) < 4.78 is 0. The van der Waals surface area contributed by atoms with Gasteiger partial charge in [-0.2, -0.15) is 0 Å². The van der Waals surface area contributed by atoms with Crippen LogP contribution in [0.2, 0.25) is 0 Å². The Morgan fingerprint density at radius 3 is 2.78 bits per heavy atom. The quantitative estimate of drug-likeness (QED) is 0.785. The van der Waals surface area contributed by atoms with Crippen LogP contribution in [0.5, 0.6) is 0 Å². The number of fused-ring (bicyclic) bond motifs is 1. The van der Waals surface area contributed by atoms with Crippen LogP contribution in [0, 0.1) is 5.92 Å². The fourth-order valence-electron chi connectivity index (χ4n) is 4.07. The summed E-state index contributed by atoms with van der Waals surface area (Å²) in [5.41, 5.74) is 6.52. The molecule has 3 heteroatoms. The molecule has 0 spiro atoms. The molecule has 0 aliphatic carbocycles. The smallest absolute Gasteiger partial charge is 0.0498 e. The molecule has 0 saturated carbocycles. The van der Waals surface area contributed by atoms with Crippen molar-refractivity contribution in [1.29, 1.82) is 0 Å². The number of likely N-dealkylation sites (N-methyl/N-ethyl adjacent to an activating group) is 1. The maximum absolute atomic E-state index is 6.25. The highest BCUT2D eigenvalue weighted by atomic mass is 15.3. The zero-order valence-electron chi connectivity index (χ0n) is 12.5. The van der Waals surface area contributed by atoms with Gasteiger partial charge in [-0.1, -0.05) is 27.2 Å². The number of nitrogens with zero attached hydrogens (tertiary/aromatic N) is 2. The minimum Gasteiger partial charge on any atom is -0.329 e. The molecule has 2 fully saturated rings. The Bertz CT molecular complexity index is 268. The van der Waals surface area contributed by atoms with Crippen molar-refractivity contribution in [3.8, 4) is 0 Å². The average molecular weight is 253 g/mol. The van der Waals surface area contributed by atoms with Gasteiger partial charge in [-0.15, -0.1) is 0 Å². The predicted molar refractivity (Wildman–Crippen MR) is 77.7 cm³/mol. The fourth-order valence-corrected chi connectivity index (χ4v) is 4.07. The molecule has 2 heterocycles. The second-order valence-corrected chi connectivity index (χ2v) is 6.30. The van der Waals surface area contributed by atoms with E-state index in [1.54, 1.807) is 0 Å². The Kier molecular flexibility index (Phi) is 4.68. The van der Waals surface area contributed by atoms with Gasteiger partial charge in [0, 0.05) is 31.2 Å². The van der Waals surface area contributed by atoms with Crippen LogP contribution in [0.15, 0.2) is 0 Å². The van der Waals surface area contributed by atoms with Crippen LogP contribution >= 0.6 is 0 Å². The fraction of sp³-hybridized carbons (Fsp3) is 1.00. The standard InChI is InChI=1S/C15H31N3/c1-4-13(3)11-18(5-2)15(12-16)8-10-17-9-6-7-14(15)17/h13-14H,4-12,16H2,1-3H3. The van der Waals surface area contributed by atoms with Crippen LogP contribution in [0.1, 0.15) is 46.5 Å². The highest BCUT2D eigenvalue weighted by Crippen LogP contribution is 2.39. The lowest BCUT2D eigenvalue weighted by molar-refractivity contribution is 0.0567. The monoisotopic (exact) mass is 253 g/mol. The van der Waals surface area contributed by atoms with E-state index in [0.29, 0.717) is 0 Å². The Labute approximate surface area is 113 Å². The summed E-state index contributed by atoms with van der Waals surface area (Å²) in [7, 11) is 0. The zero-order chi connectivity index (χ0) is 13.2. The van der Waals surface area contributed by atoms with Crippen molar-refractivity contribution in [2.24, 2.45) is 11.7 Å². The van der Waals surface area contributed by atoms with Gasteiger partial charge in [0.15, 0.2) is 0 Å². The Hall–Kier alpha value is -0.120. The maximum atomic E-state index is 6.25. The lowest BCUT2D eigenvalue weighted by Crippen LogP contribution is -2.60. The Morgan fingerprint density at radius 1 is 1.39 bits per heavy atom.